The van der Waals surface area contributed by atoms with E-state index in [1.165, 1.54) is 19.0 Å². The maximum Gasteiger partial charge on any atom is 0.272 e. The van der Waals surface area contributed by atoms with Crippen LogP contribution in [0.25, 0.3) is 0 Å². The highest BCUT2D eigenvalue weighted by Crippen LogP contribution is 2.13. The molecule has 1 saturated heterocycles. The Balaban J connectivity index is 1.66. The number of nitrogens with one attached hydrogen (secondary N) is 1. The first kappa shape index (κ1) is 18.1. The van der Waals surface area contributed by atoms with Crippen molar-refractivity contribution in [1.29, 1.82) is 0 Å². The molecule has 5 nitrogen and oxygen atoms in total. The van der Waals surface area contributed by atoms with Gasteiger partial charge in [-0.1, -0.05) is 42.7 Å². The van der Waals surface area contributed by atoms with Gasteiger partial charge in [0.25, 0.3) is 11.8 Å². The molecule has 1 aliphatic heterocycles. The summed E-state index contributed by atoms with van der Waals surface area (Å²) < 4.78 is 0. The van der Waals surface area contributed by atoms with Crippen molar-refractivity contribution in [2.75, 3.05) is 13.1 Å². The summed E-state index contributed by atoms with van der Waals surface area (Å²) in [6.45, 7) is 4.02. The van der Waals surface area contributed by atoms with Crippen LogP contribution in [0, 0.1) is 6.92 Å². The molecular formula is C21H25N3O2. The van der Waals surface area contributed by atoms with E-state index < -0.39 is 0 Å². The number of carbonyl (C=O) groups excluding carboxylic acids is 2. The van der Waals surface area contributed by atoms with Crippen LogP contribution in [-0.4, -0.2) is 34.8 Å². The minimum absolute atomic E-state index is 0.0831. The number of amides is 2. The maximum atomic E-state index is 12.7. The van der Waals surface area contributed by atoms with Gasteiger partial charge in [-0.25, -0.2) is 0 Å². The minimum atomic E-state index is -0.196. The van der Waals surface area contributed by atoms with Gasteiger partial charge < -0.3 is 10.2 Å². The summed E-state index contributed by atoms with van der Waals surface area (Å²) >= 11 is 0. The molecule has 2 heterocycles. The Morgan fingerprint density at radius 1 is 1.08 bits per heavy atom. The largest absolute Gasteiger partial charge is 0.348 e. The second-order valence-corrected chi connectivity index (χ2v) is 6.81. The molecule has 2 amide bonds. The van der Waals surface area contributed by atoms with Crippen molar-refractivity contribution in [3.63, 3.8) is 0 Å². The summed E-state index contributed by atoms with van der Waals surface area (Å²) in [5.74, 6) is -0.279. The summed E-state index contributed by atoms with van der Waals surface area (Å²) in [5, 5.41) is 2.91. The van der Waals surface area contributed by atoms with E-state index in [2.05, 4.69) is 10.3 Å². The van der Waals surface area contributed by atoms with Crippen LogP contribution in [-0.2, 0) is 6.54 Å². The molecule has 1 N–H and O–H groups in total. The van der Waals surface area contributed by atoms with Gasteiger partial charge in [-0.2, -0.15) is 0 Å². The van der Waals surface area contributed by atoms with Crippen LogP contribution in [0.15, 0.2) is 42.6 Å². The predicted molar refractivity (Wildman–Crippen MR) is 101 cm³/mol. The molecule has 0 aliphatic carbocycles. The van der Waals surface area contributed by atoms with Crippen molar-refractivity contribution >= 4 is 11.8 Å². The highest BCUT2D eigenvalue weighted by Gasteiger charge is 2.19. The average molecular weight is 351 g/mol. The molecule has 1 aromatic heterocycles. The SMILES string of the molecule is Cc1cccc(CNC(=O)c2ccnc(C(=O)N3CCCCCC3)c2)c1. The Morgan fingerprint density at radius 3 is 2.58 bits per heavy atom. The molecule has 0 radical (unpaired) electrons. The third kappa shape index (κ3) is 4.69. The van der Waals surface area contributed by atoms with Crippen LogP contribution in [0.1, 0.15) is 57.7 Å². The predicted octanol–water partition coefficient (Wildman–Crippen LogP) is 3.34. The summed E-state index contributed by atoms with van der Waals surface area (Å²) in [5.41, 5.74) is 3.01. The molecule has 0 bridgehead atoms. The summed E-state index contributed by atoms with van der Waals surface area (Å²) in [6, 6.07) is 11.3. The topological polar surface area (TPSA) is 62.3 Å². The average Bonchev–Trinajstić information content (AvgIpc) is 2.95. The molecule has 2 aromatic rings. The van der Waals surface area contributed by atoms with Gasteiger partial charge in [0.15, 0.2) is 0 Å². The van der Waals surface area contributed by atoms with E-state index in [9.17, 15) is 9.59 Å². The van der Waals surface area contributed by atoms with Gasteiger partial charge in [0.2, 0.25) is 0 Å². The molecule has 5 heteroatoms. The second kappa shape index (κ2) is 8.61. The van der Waals surface area contributed by atoms with Crippen LogP contribution in [0.3, 0.4) is 0 Å². The maximum absolute atomic E-state index is 12.7. The van der Waals surface area contributed by atoms with Gasteiger partial charge in [-0.05, 0) is 37.5 Å². The van der Waals surface area contributed by atoms with Crippen LogP contribution < -0.4 is 5.32 Å². The fourth-order valence-electron chi connectivity index (χ4n) is 3.23. The van der Waals surface area contributed by atoms with E-state index in [0.29, 0.717) is 17.8 Å². The lowest BCUT2D eigenvalue weighted by atomic mass is 10.1. The number of likely N-dealkylation sites (tertiary alicyclic amines) is 1. The van der Waals surface area contributed by atoms with E-state index in [1.807, 2.05) is 36.1 Å². The molecule has 0 spiro atoms. The summed E-state index contributed by atoms with van der Waals surface area (Å²) in [6.07, 6.45) is 5.93. The van der Waals surface area contributed by atoms with E-state index in [0.717, 1.165) is 37.1 Å². The molecule has 0 saturated carbocycles. The monoisotopic (exact) mass is 351 g/mol. The van der Waals surface area contributed by atoms with E-state index >= 15 is 0 Å². The van der Waals surface area contributed by atoms with Crippen molar-refractivity contribution in [2.45, 2.75) is 39.2 Å². The van der Waals surface area contributed by atoms with Crippen LogP contribution in [0.4, 0.5) is 0 Å². The molecule has 0 unspecified atom stereocenters. The Morgan fingerprint density at radius 2 is 1.85 bits per heavy atom. The number of nitrogens with zero attached hydrogens (tertiary/aromatic N) is 2. The number of hydrogen-bond acceptors (Lipinski definition) is 3. The fourth-order valence-corrected chi connectivity index (χ4v) is 3.23. The molecule has 3 rings (SSSR count). The normalized spacial score (nSPS) is 14.6. The number of rotatable bonds is 4. The second-order valence-electron chi connectivity index (χ2n) is 6.81. The standard InChI is InChI=1S/C21H25N3O2/c1-16-7-6-8-17(13-16)15-23-20(25)18-9-10-22-19(14-18)21(26)24-11-4-2-3-5-12-24/h6-10,13-14H,2-5,11-12,15H2,1H3,(H,23,25). The molecule has 0 atom stereocenters. The van der Waals surface area contributed by atoms with Crippen molar-refractivity contribution in [1.82, 2.24) is 15.2 Å². The van der Waals surface area contributed by atoms with E-state index in [4.69, 9.17) is 0 Å². The third-order valence-corrected chi connectivity index (χ3v) is 4.67. The Hall–Kier alpha value is -2.69. The lowest BCUT2D eigenvalue weighted by Gasteiger charge is -2.19. The van der Waals surface area contributed by atoms with Crippen LogP contribution in [0.5, 0.6) is 0 Å². The number of aryl methyl sites for hydroxylation is 1. The Kier molecular flexibility index (Phi) is 6.00. The summed E-state index contributed by atoms with van der Waals surface area (Å²) in [4.78, 5) is 31.2. The molecular weight excluding hydrogens is 326 g/mol. The zero-order chi connectivity index (χ0) is 18.4. The van der Waals surface area contributed by atoms with Gasteiger partial charge in [0.05, 0.1) is 0 Å². The first-order chi connectivity index (χ1) is 12.6. The summed E-state index contributed by atoms with van der Waals surface area (Å²) in [7, 11) is 0. The smallest absolute Gasteiger partial charge is 0.272 e. The van der Waals surface area contributed by atoms with Crippen LogP contribution in [0.2, 0.25) is 0 Å². The molecule has 26 heavy (non-hydrogen) atoms. The first-order valence-corrected chi connectivity index (χ1v) is 9.22. The highest BCUT2D eigenvalue weighted by molar-refractivity contribution is 5.98. The van der Waals surface area contributed by atoms with Gasteiger partial charge in [-0.3, -0.25) is 14.6 Å². The number of pyridine rings is 1. The Labute approximate surface area is 154 Å². The van der Waals surface area contributed by atoms with Gasteiger partial charge in [0.1, 0.15) is 5.69 Å². The number of aromatic nitrogens is 1. The number of benzene rings is 1. The van der Waals surface area contributed by atoms with Crippen molar-refractivity contribution in [2.24, 2.45) is 0 Å². The highest BCUT2D eigenvalue weighted by atomic mass is 16.2. The first-order valence-electron chi connectivity index (χ1n) is 9.22. The van der Waals surface area contributed by atoms with E-state index in [-0.39, 0.29) is 11.8 Å². The van der Waals surface area contributed by atoms with Crippen LogP contribution >= 0.6 is 0 Å². The quantitative estimate of drug-likeness (QED) is 0.919. The number of hydrogen-bond donors (Lipinski definition) is 1. The van der Waals surface area contributed by atoms with Gasteiger partial charge in [0, 0.05) is 31.4 Å². The molecule has 1 aromatic carbocycles. The zero-order valence-electron chi connectivity index (χ0n) is 15.2. The van der Waals surface area contributed by atoms with Gasteiger partial charge in [-0.15, -0.1) is 0 Å². The lowest BCUT2D eigenvalue weighted by molar-refractivity contribution is 0.0755. The van der Waals surface area contributed by atoms with E-state index in [1.54, 1.807) is 12.1 Å². The third-order valence-electron chi connectivity index (χ3n) is 4.67. The lowest BCUT2D eigenvalue weighted by Crippen LogP contribution is -2.32. The molecule has 1 fully saturated rings. The zero-order valence-corrected chi connectivity index (χ0v) is 15.2. The van der Waals surface area contributed by atoms with Crippen molar-refractivity contribution in [3.05, 3.63) is 65.0 Å². The minimum Gasteiger partial charge on any atom is -0.348 e. The molecule has 1 aliphatic rings. The Bertz CT molecular complexity index is 780. The molecule has 136 valence electrons. The fraction of sp³-hybridized carbons (Fsp3) is 0.381. The van der Waals surface area contributed by atoms with Crippen molar-refractivity contribution < 1.29 is 9.59 Å². The number of carbonyl (C=O) groups is 2. The van der Waals surface area contributed by atoms with Crippen molar-refractivity contribution in [3.8, 4) is 0 Å². The van der Waals surface area contributed by atoms with Gasteiger partial charge >= 0.3 is 0 Å².